The Morgan fingerprint density at radius 2 is 1.88 bits per heavy atom. The molecule has 0 saturated carbocycles. The molecule has 1 rings (SSSR count). The molecule has 0 fully saturated rings. The Morgan fingerprint density at radius 3 is 2.29 bits per heavy atom. The minimum atomic E-state index is -3.82. The molecule has 1 aromatic carbocycles. The first kappa shape index (κ1) is 14.7. The van der Waals surface area contributed by atoms with Crippen LogP contribution in [0.15, 0.2) is 23.1 Å². The van der Waals surface area contributed by atoms with Gasteiger partial charge in [0.1, 0.15) is 4.90 Å². The Kier molecular flexibility index (Phi) is 5.22. The van der Waals surface area contributed by atoms with Crippen LogP contribution in [0.1, 0.15) is 13.3 Å². The third-order valence-corrected chi connectivity index (χ3v) is 4.70. The quantitative estimate of drug-likeness (QED) is 0.874. The topological polar surface area (TPSA) is 66.4 Å². The lowest BCUT2D eigenvalue weighted by Gasteiger charge is -2.15. The summed E-state index contributed by atoms with van der Waals surface area (Å²) in [5.41, 5.74) is 0. The number of aliphatic hydroxyl groups excluding tert-OH is 1. The first-order chi connectivity index (χ1) is 7.92. The predicted octanol–water partition coefficient (Wildman–Crippen LogP) is 2.04. The molecule has 0 aromatic heterocycles. The predicted molar refractivity (Wildman–Crippen MR) is 67.9 cm³/mol. The highest BCUT2D eigenvalue weighted by Crippen LogP contribution is 2.28. The molecular weight excluding hydrogens is 285 g/mol. The molecule has 1 atom stereocenters. The highest BCUT2D eigenvalue weighted by Gasteiger charge is 2.23. The SMILES string of the molecule is CC[C@H](CO)NS(=O)(=O)c1c(Cl)cccc1Cl. The van der Waals surface area contributed by atoms with E-state index in [0.29, 0.717) is 6.42 Å². The molecule has 0 spiro atoms. The summed E-state index contributed by atoms with van der Waals surface area (Å²) in [7, 11) is -3.82. The van der Waals surface area contributed by atoms with Crippen LogP contribution in [0.5, 0.6) is 0 Å². The second kappa shape index (κ2) is 6.02. The Bertz CT molecular complexity index is 466. The highest BCUT2D eigenvalue weighted by atomic mass is 35.5. The first-order valence-corrected chi connectivity index (χ1v) is 7.23. The number of sulfonamides is 1. The van der Waals surface area contributed by atoms with E-state index in [1.807, 2.05) is 0 Å². The summed E-state index contributed by atoms with van der Waals surface area (Å²) in [6.07, 6.45) is 0.470. The van der Waals surface area contributed by atoms with E-state index in [9.17, 15) is 8.42 Å². The van der Waals surface area contributed by atoms with Gasteiger partial charge in [-0.05, 0) is 18.6 Å². The Labute approximate surface area is 111 Å². The average molecular weight is 298 g/mol. The lowest BCUT2D eigenvalue weighted by Crippen LogP contribution is -2.37. The van der Waals surface area contributed by atoms with Crippen LogP contribution in [0, 0.1) is 0 Å². The molecule has 0 amide bonds. The van der Waals surface area contributed by atoms with Crippen LogP contribution in [0.3, 0.4) is 0 Å². The number of hydrogen-bond donors (Lipinski definition) is 2. The van der Waals surface area contributed by atoms with Gasteiger partial charge in [0.25, 0.3) is 0 Å². The highest BCUT2D eigenvalue weighted by molar-refractivity contribution is 7.89. The number of benzene rings is 1. The zero-order valence-electron chi connectivity index (χ0n) is 9.15. The summed E-state index contributed by atoms with van der Waals surface area (Å²) in [6, 6.07) is 3.91. The Morgan fingerprint density at radius 1 is 1.35 bits per heavy atom. The van der Waals surface area contributed by atoms with Crippen molar-refractivity contribution in [3.05, 3.63) is 28.2 Å². The van der Waals surface area contributed by atoms with Crippen LogP contribution in [0.4, 0.5) is 0 Å². The fourth-order valence-corrected chi connectivity index (χ4v) is 3.72. The first-order valence-electron chi connectivity index (χ1n) is 4.99. The van der Waals surface area contributed by atoms with Gasteiger partial charge in [0, 0.05) is 6.04 Å². The zero-order valence-corrected chi connectivity index (χ0v) is 11.5. The number of hydrogen-bond acceptors (Lipinski definition) is 3. The van der Waals surface area contributed by atoms with Crippen molar-refractivity contribution in [1.82, 2.24) is 4.72 Å². The second-order valence-corrected chi connectivity index (χ2v) is 5.93. The molecule has 4 nitrogen and oxygen atoms in total. The van der Waals surface area contributed by atoms with E-state index >= 15 is 0 Å². The van der Waals surface area contributed by atoms with Gasteiger partial charge < -0.3 is 5.11 Å². The summed E-state index contributed by atoms with van der Waals surface area (Å²) in [5.74, 6) is 0. The maximum Gasteiger partial charge on any atom is 0.243 e. The van der Waals surface area contributed by atoms with Gasteiger partial charge in [-0.25, -0.2) is 13.1 Å². The molecule has 0 saturated heterocycles. The molecule has 96 valence electrons. The van der Waals surface area contributed by atoms with Crippen molar-refractivity contribution in [3.8, 4) is 0 Å². The minimum absolute atomic E-state index is 0.0535. The van der Waals surface area contributed by atoms with Crippen molar-refractivity contribution in [3.63, 3.8) is 0 Å². The normalized spacial score (nSPS) is 13.6. The van der Waals surface area contributed by atoms with Gasteiger partial charge in [-0.15, -0.1) is 0 Å². The second-order valence-electron chi connectivity index (χ2n) is 3.46. The molecule has 0 radical (unpaired) electrons. The van der Waals surface area contributed by atoms with Crippen molar-refractivity contribution < 1.29 is 13.5 Å². The van der Waals surface area contributed by atoms with E-state index in [4.69, 9.17) is 28.3 Å². The van der Waals surface area contributed by atoms with Crippen molar-refractivity contribution in [2.45, 2.75) is 24.3 Å². The van der Waals surface area contributed by atoms with E-state index < -0.39 is 16.1 Å². The monoisotopic (exact) mass is 297 g/mol. The van der Waals surface area contributed by atoms with Gasteiger partial charge in [-0.1, -0.05) is 36.2 Å². The molecule has 0 aliphatic heterocycles. The molecule has 0 bridgehead atoms. The lowest BCUT2D eigenvalue weighted by molar-refractivity contribution is 0.254. The maximum absolute atomic E-state index is 12.0. The maximum atomic E-state index is 12.0. The van der Waals surface area contributed by atoms with Crippen molar-refractivity contribution >= 4 is 33.2 Å². The smallest absolute Gasteiger partial charge is 0.243 e. The fraction of sp³-hybridized carbons (Fsp3) is 0.400. The molecule has 1 aromatic rings. The van der Waals surface area contributed by atoms with Gasteiger partial charge in [0.2, 0.25) is 10.0 Å². The standard InChI is InChI=1S/C10H13Cl2NO3S/c1-2-7(6-14)13-17(15,16)10-8(11)4-3-5-9(10)12/h3-5,7,13-14H,2,6H2,1H3/t7-/m1/s1. The Balaban J connectivity index is 3.14. The molecule has 0 unspecified atom stereocenters. The lowest BCUT2D eigenvalue weighted by atomic mass is 10.3. The van der Waals surface area contributed by atoms with E-state index in [2.05, 4.69) is 4.72 Å². The van der Waals surface area contributed by atoms with Crippen LogP contribution in [-0.4, -0.2) is 26.2 Å². The van der Waals surface area contributed by atoms with Crippen LogP contribution in [0.25, 0.3) is 0 Å². The van der Waals surface area contributed by atoms with Crippen molar-refractivity contribution in [1.29, 1.82) is 0 Å². The molecule has 0 aliphatic carbocycles. The largest absolute Gasteiger partial charge is 0.395 e. The minimum Gasteiger partial charge on any atom is -0.395 e. The third-order valence-electron chi connectivity index (χ3n) is 2.22. The van der Waals surface area contributed by atoms with E-state index in [1.54, 1.807) is 13.0 Å². The number of nitrogens with one attached hydrogen (secondary N) is 1. The third kappa shape index (κ3) is 3.56. The van der Waals surface area contributed by atoms with Gasteiger partial charge in [0.15, 0.2) is 0 Å². The molecular formula is C10H13Cl2NO3S. The Hall–Kier alpha value is -0.330. The van der Waals surface area contributed by atoms with Gasteiger partial charge in [0.05, 0.1) is 16.7 Å². The number of aliphatic hydroxyl groups is 1. The fourth-order valence-electron chi connectivity index (χ4n) is 1.27. The van der Waals surface area contributed by atoms with E-state index in [0.717, 1.165) is 0 Å². The van der Waals surface area contributed by atoms with Crippen LogP contribution >= 0.6 is 23.2 Å². The summed E-state index contributed by atoms with van der Waals surface area (Å²) in [5, 5.41) is 9.09. The molecule has 2 N–H and O–H groups in total. The number of rotatable bonds is 5. The molecule has 0 aliphatic rings. The van der Waals surface area contributed by atoms with Gasteiger partial charge >= 0.3 is 0 Å². The van der Waals surface area contributed by atoms with Crippen molar-refractivity contribution in [2.75, 3.05) is 6.61 Å². The van der Waals surface area contributed by atoms with Gasteiger partial charge in [-0.3, -0.25) is 0 Å². The molecule has 7 heteroatoms. The summed E-state index contributed by atoms with van der Waals surface area (Å²) in [6.45, 7) is 1.48. The molecule has 0 heterocycles. The summed E-state index contributed by atoms with van der Waals surface area (Å²) < 4.78 is 26.4. The summed E-state index contributed by atoms with van der Waals surface area (Å²) in [4.78, 5) is -0.157. The number of halogens is 2. The van der Waals surface area contributed by atoms with Gasteiger partial charge in [-0.2, -0.15) is 0 Å². The van der Waals surface area contributed by atoms with Crippen LogP contribution in [-0.2, 0) is 10.0 Å². The average Bonchev–Trinajstić information content (AvgIpc) is 2.25. The van der Waals surface area contributed by atoms with Crippen LogP contribution in [0.2, 0.25) is 10.0 Å². The van der Waals surface area contributed by atoms with E-state index in [-0.39, 0.29) is 21.5 Å². The zero-order chi connectivity index (χ0) is 13.1. The summed E-state index contributed by atoms with van der Waals surface area (Å²) >= 11 is 11.6. The molecule has 17 heavy (non-hydrogen) atoms. The van der Waals surface area contributed by atoms with Crippen LogP contribution < -0.4 is 4.72 Å². The van der Waals surface area contributed by atoms with E-state index in [1.165, 1.54) is 12.1 Å². The van der Waals surface area contributed by atoms with Crippen molar-refractivity contribution in [2.24, 2.45) is 0 Å².